The van der Waals surface area contributed by atoms with Crippen molar-refractivity contribution >= 4 is 22.1 Å². The fourth-order valence-electron chi connectivity index (χ4n) is 2.79. The molecule has 0 bridgehead atoms. The second-order valence-corrected chi connectivity index (χ2v) is 6.09. The summed E-state index contributed by atoms with van der Waals surface area (Å²) in [6, 6.07) is 6.15. The van der Waals surface area contributed by atoms with Crippen LogP contribution in [0.3, 0.4) is 0 Å². The van der Waals surface area contributed by atoms with Crippen LogP contribution < -0.4 is 11.1 Å². The van der Waals surface area contributed by atoms with Crippen molar-refractivity contribution in [2.75, 3.05) is 17.6 Å². The van der Waals surface area contributed by atoms with Gasteiger partial charge >= 0.3 is 0 Å². The predicted octanol–water partition coefficient (Wildman–Crippen LogP) is 3.73. The lowest BCUT2D eigenvalue weighted by Gasteiger charge is -2.38. The Kier molecular flexibility index (Phi) is 2.85. The van der Waals surface area contributed by atoms with Gasteiger partial charge in [-0.3, -0.25) is 4.98 Å². The lowest BCUT2D eigenvalue weighted by atomic mass is 9.70. The Hall–Kier alpha value is -1.77. The normalized spacial score (nSPS) is 17.2. The fourth-order valence-corrected chi connectivity index (χ4v) is 2.79. The molecule has 1 aromatic carbocycles. The second-order valence-electron chi connectivity index (χ2n) is 6.09. The van der Waals surface area contributed by atoms with Crippen LogP contribution in [0.5, 0.6) is 0 Å². The van der Waals surface area contributed by atoms with Gasteiger partial charge in [-0.05, 0) is 43.4 Å². The third-order valence-electron chi connectivity index (χ3n) is 4.34. The van der Waals surface area contributed by atoms with E-state index < -0.39 is 0 Å². The van der Waals surface area contributed by atoms with Crippen molar-refractivity contribution in [2.45, 2.75) is 33.1 Å². The Morgan fingerprint density at radius 2 is 2.11 bits per heavy atom. The molecule has 0 unspecified atom stereocenters. The summed E-state index contributed by atoms with van der Waals surface area (Å²) in [6.07, 6.45) is 5.89. The number of rotatable bonds is 3. The molecule has 2 aromatic rings. The molecule has 1 heterocycles. The molecule has 1 fully saturated rings. The van der Waals surface area contributed by atoms with E-state index in [1.807, 2.05) is 19.2 Å². The molecular weight excluding hydrogens is 234 g/mol. The molecule has 0 aliphatic heterocycles. The summed E-state index contributed by atoms with van der Waals surface area (Å²) in [5.41, 5.74) is 9.48. The fraction of sp³-hybridized carbons (Fsp3) is 0.438. The monoisotopic (exact) mass is 255 g/mol. The van der Waals surface area contributed by atoms with E-state index in [9.17, 15) is 0 Å². The molecule has 0 atom stereocenters. The third-order valence-corrected chi connectivity index (χ3v) is 4.34. The SMILES string of the molecule is Cc1cc2c(NCC3(C)CCC3)ccc(N)c2cn1. The first-order valence-electron chi connectivity index (χ1n) is 6.96. The second kappa shape index (κ2) is 4.41. The maximum atomic E-state index is 6.03. The van der Waals surface area contributed by atoms with Gasteiger partial charge in [0.2, 0.25) is 0 Å². The maximum absolute atomic E-state index is 6.03. The van der Waals surface area contributed by atoms with Gasteiger partial charge in [-0.25, -0.2) is 0 Å². The molecule has 100 valence electrons. The average Bonchev–Trinajstić information content (AvgIpc) is 2.36. The van der Waals surface area contributed by atoms with Crippen LogP contribution in [-0.2, 0) is 0 Å². The minimum absolute atomic E-state index is 0.468. The number of nitrogens with zero attached hydrogens (tertiary/aromatic N) is 1. The quantitative estimate of drug-likeness (QED) is 0.822. The molecule has 19 heavy (non-hydrogen) atoms. The lowest BCUT2D eigenvalue weighted by Crippen LogP contribution is -2.33. The van der Waals surface area contributed by atoms with E-state index in [0.29, 0.717) is 5.41 Å². The largest absolute Gasteiger partial charge is 0.398 e. The molecular formula is C16H21N3. The molecule has 0 amide bonds. The van der Waals surface area contributed by atoms with Crippen LogP contribution in [0.4, 0.5) is 11.4 Å². The summed E-state index contributed by atoms with van der Waals surface area (Å²) in [6.45, 7) is 5.41. The van der Waals surface area contributed by atoms with Crippen molar-refractivity contribution in [1.82, 2.24) is 4.98 Å². The average molecular weight is 255 g/mol. The van der Waals surface area contributed by atoms with Crippen molar-refractivity contribution in [3.63, 3.8) is 0 Å². The Morgan fingerprint density at radius 3 is 2.79 bits per heavy atom. The zero-order valence-electron chi connectivity index (χ0n) is 11.7. The summed E-state index contributed by atoms with van der Waals surface area (Å²) >= 11 is 0. The molecule has 0 spiro atoms. The Balaban J connectivity index is 1.94. The number of hydrogen-bond donors (Lipinski definition) is 2. The van der Waals surface area contributed by atoms with Crippen molar-refractivity contribution in [2.24, 2.45) is 5.41 Å². The Morgan fingerprint density at radius 1 is 1.32 bits per heavy atom. The van der Waals surface area contributed by atoms with E-state index in [2.05, 4.69) is 29.4 Å². The Bertz CT molecular complexity index is 615. The van der Waals surface area contributed by atoms with Crippen LogP contribution in [0.25, 0.3) is 10.8 Å². The third kappa shape index (κ3) is 2.25. The minimum atomic E-state index is 0.468. The van der Waals surface area contributed by atoms with Gasteiger partial charge in [0.05, 0.1) is 0 Å². The smallest absolute Gasteiger partial charge is 0.0422 e. The van der Waals surface area contributed by atoms with E-state index in [1.165, 1.54) is 30.3 Å². The summed E-state index contributed by atoms with van der Waals surface area (Å²) in [5, 5.41) is 5.81. The zero-order valence-corrected chi connectivity index (χ0v) is 11.7. The zero-order chi connectivity index (χ0) is 13.5. The number of aryl methyl sites for hydroxylation is 1. The van der Waals surface area contributed by atoms with E-state index in [1.54, 1.807) is 0 Å². The maximum Gasteiger partial charge on any atom is 0.0422 e. The number of nitrogen functional groups attached to an aromatic ring is 1. The van der Waals surface area contributed by atoms with Crippen molar-refractivity contribution in [3.05, 3.63) is 30.1 Å². The first-order chi connectivity index (χ1) is 9.07. The number of nitrogens with one attached hydrogen (secondary N) is 1. The van der Waals surface area contributed by atoms with E-state index in [4.69, 9.17) is 5.73 Å². The molecule has 3 nitrogen and oxygen atoms in total. The molecule has 3 rings (SSSR count). The molecule has 1 saturated carbocycles. The molecule has 3 N–H and O–H groups in total. The number of pyridine rings is 1. The number of benzene rings is 1. The highest BCUT2D eigenvalue weighted by atomic mass is 14.9. The van der Waals surface area contributed by atoms with Gasteiger partial charge in [-0.15, -0.1) is 0 Å². The summed E-state index contributed by atoms with van der Waals surface area (Å²) in [4.78, 5) is 4.34. The van der Waals surface area contributed by atoms with Gasteiger partial charge in [0.1, 0.15) is 0 Å². The van der Waals surface area contributed by atoms with Gasteiger partial charge in [0, 0.05) is 40.6 Å². The standard InChI is InChI=1S/C16H21N3/c1-11-8-12-13(9-18-11)14(17)4-5-15(12)19-10-16(2)6-3-7-16/h4-5,8-9,19H,3,6-7,10,17H2,1-2H3. The van der Waals surface area contributed by atoms with Crippen LogP contribution in [0, 0.1) is 12.3 Å². The highest BCUT2D eigenvalue weighted by molar-refractivity contribution is 6.00. The van der Waals surface area contributed by atoms with Crippen LogP contribution in [0.2, 0.25) is 0 Å². The number of nitrogens with two attached hydrogens (primary N) is 1. The summed E-state index contributed by atoms with van der Waals surface area (Å²) < 4.78 is 0. The number of hydrogen-bond acceptors (Lipinski definition) is 3. The van der Waals surface area contributed by atoms with Crippen LogP contribution in [0.1, 0.15) is 31.9 Å². The van der Waals surface area contributed by atoms with Gasteiger partial charge < -0.3 is 11.1 Å². The molecule has 1 aromatic heterocycles. The molecule has 1 aliphatic rings. The van der Waals surface area contributed by atoms with Gasteiger partial charge in [-0.2, -0.15) is 0 Å². The Labute approximate surface area is 114 Å². The molecule has 0 radical (unpaired) electrons. The van der Waals surface area contributed by atoms with Gasteiger partial charge in [0.15, 0.2) is 0 Å². The van der Waals surface area contributed by atoms with E-state index >= 15 is 0 Å². The molecule has 0 saturated heterocycles. The summed E-state index contributed by atoms with van der Waals surface area (Å²) in [5.74, 6) is 0. The predicted molar refractivity (Wildman–Crippen MR) is 81.3 cm³/mol. The van der Waals surface area contributed by atoms with Crippen LogP contribution >= 0.6 is 0 Å². The number of fused-ring (bicyclic) bond motifs is 1. The van der Waals surface area contributed by atoms with E-state index in [-0.39, 0.29) is 0 Å². The van der Waals surface area contributed by atoms with Crippen molar-refractivity contribution in [3.8, 4) is 0 Å². The highest BCUT2D eigenvalue weighted by Crippen LogP contribution is 2.40. The number of anilines is 2. The number of aromatic nitrogens is 1. The van der Waals surface area contributed by atoms with E-state index in [0.717, 1.165) is 23.3 Å². The summed E-state index contributed by atoms with van der Waals surface area (Å²) in [7, 11) is 0. The van der Waals surface area contributed by atoms with Gasteiger partial charge in [0.25, 0.3) is 0 Å². The first-order valence-corrected chi connectivity index (χ1v) is 6.96. The minimum Gasteiger partial charge on any atom is -0.398 e. The van der Waals surface area contributed by atoms with Crippen molar-refractivity contribution in [1.29, 1.82) is 0 Å². The van der Waals surface area contributed by atoms with Crippen LogP contribution in [0.15, 0.2) is 24.4 Å². The molecule has 1 aliphatic carbocycles. The highest BCUT2D eigenvalue weighted by Gasteiger charge is 2.31. The topological polar surface area (TPSA) is 50.9 Å². The first kappa shape index (κ1) is 12.3. The van der Waals surface area contributed by atoms with Crippen LogP contribution in [-0.4, -0.2) is 11.5 Å². The van der Waals surface area contributed by atoms with Gasteiger partial charge in [-0.1, -0.05) is 13.3 Å². The lowest BCUT2D eigenvalue weighted by molar-refractivity contribution is 0.180. The molecule has 3 heteroatoms. The van der Waals surface area contributed by atoms with Crippen molar-refractivity contribution < 1.29 is 0 Å².